The fraction of sp³-hybridized carbons (Fsp3) is 0.240. The molecule has 2 aromatic heterocycles. The molecule has 9 nitrogen and oxygen atoms in total. The molecule has 2 heterocycles. The Bertz CT molecular complexity index is 1470. The van der Waals surface area contributed by atoms with Crippen molar-refractivity contribution in [3.05, 3.63) is 69.7 Å². The van der Waals surface area contributed by atoms with Crippen molar-refractivity contribution < 1.29 is 29.0 Å². The summed E-state index contributed by atoms with van der Waals surface area (Å²) < 4.78 is 11.2. The van der Waals surface area contributed by atoms with Crippen LogP contribution in [0, 0.1) is 13.8 Å². The van der Waals surface area contributed by atoms with Crippen LogP contribution in [0.3, 0.4) is 0 Å². The number of hydrogen-bond acceptors (Lipinski definition) is 6. The molecule has 0 saturated carbocycles. The minimum atomic E-state index is -1.21. The number of H-pyrrole nitrogens is 1. The number of phenols is 1. The number of carbonyl (C=O) groups excluding carboxylic acids is 1. The lowest BCUT2D eigenvalue weighted by Gasteiger charge is -2.20. The van der Waals surface area contributed by atoms with Crippen LogP contribution in [0.4, 0.5) is 0 Å². The van der Waals surface area contributed by atoms with Crippen LogP contribution >= 0.6 is 0 Å². The van der Waals surface area contributed by atoms with Gasteiger partial charge in [-0.25, -0.2) is 9.59 Å². The number of aromatic amines is 1. The number of aromatic hydroxyl groups is 1. The number of phenolic OH excluding ortho intramolecular Hbond substituents is 1. The number of aliphatic carboxylic acids is 1. The second-order valence-electron chi connectivity index (χ2n) is 8.29. The number of aryl methyl sites for hydroxylation is 2. The molecule has 4 N–H and O–H groups in total. The quantitative estimate of drug-likeness (QED) is 0.308. The van der Waals surface area contributed by atoms with Gasteiger partial charge in [0, 0.05) is 29.6 Å². The summed E-state index contributed by atoms with van der Waals surface area (Å²) in [5.41, 5.74) is 2.66. The molecule has 0 fully saturated rings. The van der Waals surface area contributed by atoms with Crippen LogP contribution in [-0.4, -0.2) is 39.2 Å². The highest BCUT2D eigenvalue weighted by Crippen LogP contribution is 2.30. The minimum Gasteiger partial charge on any atom is -0.508 e. The molecule has 176 valence electrons. The summed E-state index contributed by atoms with van der Waals surface area (Å²) in [6.45, 7) is 5.06. The van der Waals surface area contributed by atoms with Crippen molar-refractivity contribution in [1.29, 1.82) is 0 Å². The second-order valence-corrected chi connectivity index (χ2v) is 8.29. The Balaban J connectivity index is 1.54. The van der Waals surface area contributed by atoms with Crippen molar-refractivity contribution in [2.24, 2.45) is 0 Å². The van der Waals surface area contributed by atoms with Gasteiger partial charge in [-0.3, -0.25) is 4.79 Å². The zero-order chi connectivity index (χ0) is 24.6. The first-order valence-corrected chi connectivity index (χ1v) is 10.7. The summed E-state index contributed by atoms with van der Waals surface area (Å²) in [5.74, 6) is -1.39. The van der Waals surface area contributed by atoms with Gasteiger partial charge in [-0.05, 0) is 67.8 Å². The van der Waals surface area contributed by atoms with E-state index in [9.17, 15) is 24.6 Å². The fourth-order valence-corrected chi connectivity index (χ4v) is 3.96. The molecular weight excluding hydrogens is 440 g/mol. The maximum atomic E-state index is 12.8. The summed E-state index contributed by atoms with van der Waals surface area (Å²) >= 11 is 0. The standard InChI is InChI=1S/C25H24N2O7/c1-12-6-20(23-13(2)8-22(29)34-21(23)7-12)33-14(3)24(30)27-19(25(31)32)9-15-11-26-18-5-4-16(28)10-17(15)18/h4-8,10-11,14,19,26,28H,9H2,1-3H3,(H,27,30)(H,31,32)/t14-,19+/m0/s1. The van der Waals surface area contributed by atoms with Gasteiger partial charge in [0.05, 0.1) is 5.39 Å². The van der Waals surface area contributed by atoms with Crippen LogP contribution in [0.1, 0.15) is 23.6 Å². The average Bonchev–Trinajstić information content (AvgIpc) is 3.13. The first kappa shape index (κ1) is 22.9. The molecule has 0 aliphatic heterocycles. The Morgan fingerprint density at radius 3 is 2.68 bits per heavy atom. The molecule has 0 aliphatic carbocycles. The first-order valence-electron chi connectivity index (χ1n) is 10.7. The molecule has 34 heavy (non-hydrogen) atoms. The maximum Gasteiger partial charge on any atom is 0.336 e. The highest BCUT2D eigenvalue weighted by molar-refractivity contribution is 5.90. The van der Waals surface area contributed by atoms with Crippen LogP contribution < -0.4 is 15.7 Å². The number of ether oxygens (including phenoxy) is 1. The Morgan fingerprint density at radius 1 is 1.18 bits per heavy atom. The van der Waals surface area contributed by atoms with Crippen LogP contribution in [0.5, 0.6) is 11.5 Å². The predicted molar refractivity (Wildman–Crippen MR) is 125 cm³/mol. The highest BCUT2D eigenvalue weighted by atomic mass is 16.5. The average molecular weight is 464 g/mol. The van der Waals surface area contributed by atoms with Crippen LogP contribution in [0.2, 0.25) is 0 Å². The van der Waals surface area contributed by atoms with E-state index in [0.717, 1.165) is 11.1 Å². The number of rotatable bonds is 7. The molecule has 4 aromatic rings. The van der Waals surface area contributed by atoms with Gasteiger partial charge in [-0.2, -0.15) is 0 Å². The normalized spacial score (nSPS) is 13.0. The summed E-state index contributed by atoms with van der Waals surface area (Å²) in [5, 5.41) is 23.2. The molecule has 0 spiro atoms. The van der Waals surface area contributed by atoms with Crippen molar-refractivity contribution >= 4 is 33.7 Å². The summed E-state index contributed by atoms with van der Waals surface area (Å²) in [7, 11) is 0. The molecule has 2 aromatic carbocycles. The van der Waals surface area contributed by atoms with Gasteiger partial charge in [0.15, 0.2) is 6.10 Å². The van der Waals surface area contributed by atoms with Crippen LogP contribution in [0.25, 0.3) is 21.9 Å². The van der Waals surface area contributed by atoms with Crippen LogP contribution in [0.15, 0.2) is 51.8 Å². The number of fused-ring (bicyclic) bond motifs is 2. The van der Waals surface area contributed by atoms with Gasteiger partial charge in [-0.1, -0.05) is 0 Å². The molecule has 9 heteroatoms. The van der Waals surface area contributed by atoms with Gasteiger partial charge in [0.2, 0.25) is 0 Å². The number of nitrogens with one attached hydrogen (secondary N) is 2. The van der Waals surface area contributed by atoms with Crippen molar-refractivity contribution in [2.75, 3.05) is 0 Å². The van der Waals surface area contributed by atoms with Gasteiger partial charge in [0.1, 0.15) is 23.1 Å². The fourth-order valence-electron chi connectivity index (χ4n) is 3.96. The zero-order valence-corrected chi connectivity index (χ0v) is 18.8. The van der Waals surface area contributed by atoms with Crippen molar-refractivity contribution in [2.45, 2.75) is 39.3 Å². The van der Waals surface area contributed by atoms with E-state index in [-0.39, 0.29) is 12.2 Å². The molecule has 2 atom stereocenters. The summed E-state index contributed by atoms with van der Waals surface area (Å²) in [6.07, 6.45) is 0.640. The number of benzene rings is 2. The van der Waals surface area contributed by atoms with E-state index in [1.807, 2.05) is 0 Å². The van der Waals surface area contributed by atoms with Crippen LogP contribution in [-0.2, 0) is 16.0 Å². The topological polar surface area (TPSA) is 142 Å². The van der Waals surface area contributed by atoms with E-state index >= 15 is 0 Å². The van der Waals surface area contributed by atoms with E-state index in [1.165, 1.54) is 25.1 Å². The van der Waals surface area contributed by atoms with Crippen molar-refractivity contribution in [3.63, 3.8) is 0 Å². The maximum absolute atomic E-state index is 12.8. The highest BCUT2D eigenvalue weighted by Gasteiger charge is 2.26. The van der Waals surface area contributed by atoms with Crippen molar-refractivity contribution in [3.8, 4) is 11.5 Å². The zero-order valence-electron chi connectivity index (χ0n) is 18.8. The lowest BCUT2D eigenvalue weighted by Crippen LogP contribution is -2.47. The first-order chi connectivity index (χ1) is 16.1. The number of carboxylic acids is 1. The Labute approximate surface area is 194 Å². The summed E-state index contributed by atoms with van der Waals surface area (Å²) in [4.78, 5) is 39.5. The third-order valence-electron chi connectivity index (χ3n) is 5.61. The number of carboxylic acid groups (broad SMARTS) is 1. The Hall–Kier alpha value is -4.27. The number of hydrogen-bond donors (Lipinski definition) is 4. The lowest BCUT2D eigenvalue weighted by molar-refractivity contribution is -0.142. The monoisotopic (exact) mass is 464 g/mol. The Kier molecular flexibility index (Phi) is 6.02. The molecule has 0 aliphatic rings. The molecule has 1 amide bonds. The lowest BCUT2D eigenvalue weighted by atomic mass is 10.0. The third kappa shape index (κ3) is 4.59. The van der Waals surface area contributed by atoms with Crippen molar-refractivity contribution in [1.82, 2.24) is 10.3 Å². The van der Waals surface area contributed by atoms with Gasteiger partial charge in [0.25, 0.3) is 5.91 Å². The third-order valence-corrected chi connectivity index (χ3v) is 5.61. The Morgan fingerprint density at radius 2 is 1.94 bits per heavy atom. The largest absolute Gasteiger partial charge is 0.508 e. The van der Waals surface area contributed by atoms with Gasteiger partial charge in [-0.15, -0.1) is 0 Å². The number of carbonyl (C=O) groups is 2. The van der Waals surface area contributed by atoms with E-state index in [4.69, 9.17) is 9.15 Å². The molecule has 0 bridgehead atoms. The van der Waals surface area contributed by atoms with E-state index < -0.39 is 29.6 Å². The molecule has 0 unspecified atom stereocenters. The molecule has 0 saturated heterocycles. The molecular formula is C25H24N2O7. The minimum absolute atomic E-state index is 0.00882. The van der Waals surface area contributed by atoms with Gasteiger partial charge >= 0.3 is 11.6 Å². The van der Waals surface area contributed by atoms with Gasteiger partial charge < -0.3 is 29.7 Å². The van der Waals surface area contributed by atoms with E-state index in [0.29, 0.717) is 33.2 Å². The molecule has 0 radical (unpaired) electrons. The summed E-state index contributed by atoms with van der Waals surface area (Å²) in [6, 6.07) is 8.32. The predicted octanol–water partition coefficient (Wildman–Crippen LogP) is 3.18. The number of aromatic nitrogens is 1. The smallest absolute Gasteiger partial charge is 0.336 e. The molecule has 4 rings (SSSR count). The van der Waals surface area contributed by atoms with E-state index in [1.54, 1.807) is 38.2 Å². The SMILES string of the molecule is Cc1cc(O[C@@H](C)C(=O)N[C@H](Cc2c[nH]c3ccc(O)cc23)C(=O)O)c2c(C)cc(=O)oc2c1. The van der Waals surface area contributed by atoms with E-state index in [2.05, 4.69) is 10.3 Å². The second kappa shape index (κ2) is 8.93. The number of amides is 1.